The Morgan fingerprint density at radius 3 is 2.50 bits per heavy atom. The van der Waals surface area contributed by atoms with E-state index in [0.29, 0.717) is 6.54 Å². The molecule has 3 rings (SSSR count). The second-order valence-electron chi connectivity index (χ2n) is 4.68. The predicted molar refractivity (Wildman–Crippen MR) is 78.8 cm³/mol. The summed E-state index contributed by atoms with van der Waals surface area (Å²) in [5.41, 5.74) is 9.55. The molecule has 20 heavy (non-hydrogen) atoms. The van der Waals surface area contributed by atoms with Crippen LogP contribution in [0.15, 0.2) is 67.4 Å². The van der Waals surface area contributed by atoms with E-state index in [0.717, 1.165) is 16.8 Å². The lowest BCUT2D eigenvalue weighted by atomic mass is 10.1. The number of benzene rings is 1. The van der Waals surface area contributed by atoms with Gasteiger partial charge in [0.25, 0.3) is 0 Å². The van der Waals surface area contributed by atoms with Crippen LogP contribution < -0.4 is 5.73 Å². The molecule has 1 atom stereocenters. The number of hydrogen-bond acceptors (Lipinski definition) is 3. The van der Waals surface area contributed by atoms with Crippen LogP contribution in [0.3, 0.4) is 0 Å². The van der Waals surface area contributed by atoms with Crippen LogP contribution >= 0.6 is 0 Å². The largest absolute Gasteiger partial charge is 0.329 e. The van der Waals surface area contributed by atoms with Gasteiger partial charge in [0.05, 0.1) is 18.2 Å². The van der Waals surface area contributed by atoms with Gasteiger partial charge in [-0.3, -0.25) is 4.98 Å². The summed E-state index contributed by atoms with van der Waals surface area (Å²) >= 11 is 0. The maximum Gasteiger partial charge on any atom is 0.0951 e. The number of aromatic nitrogens is 3. The monoisotopic (exact) mass is 264 g/mol. The van der Waals surface area contributed by atoms with Gasteiger partial charge in [0.15, 0.2) is 0 Å². The Morgan fingerprint density at radius 2 is 1.75 bits per heavy atom. The van der Waals surface area contributed by atoms with Gasteiger partial charge in [-0.05, 0) is 17.7 Å². The van der Waals surface area contributed by atoms with Crippen LogP contribution in [0, 0.1) is 0 Å². The molecule has 100 valence electrons. The fourth-order valence-electron chi connectivity index (χ4n) is 2.25. The van der Waals surface area contributed by atoms with Crippen LogP contribution in [0.25, 0.3) is 11.3 Å². The predicted octanol–water partition coefficient (Wildman–Crippen LogP) is 2.65. The molecular weight excluding hydrogens is 248 g/mol. The molecule has 1 unspecified atom stereocenters. The quantitative estimate of drug-likeness (QED) is 0.788. The third kappa shape index (κ3) is 2.60. The van der Waals surface area contributed by atoms with E-state index in [-0.39, 0.29) is 6.04 Å². The Bertz CT molecular complexity index is 661. The Balaban J connectivity index is 1.84. The van der Waals surface area contributed by atoms with Gasteiger partial charge >= 0.3 is 0 Å². The fraction of sp³-hybridized carbons (Fsp3) is 0.125. The minimum atomic E-state index is -0.0500. The van der Waals surface area contributed by atoms with Gasteiger partial charge in [0.1, 0.15) is 0 Å². The normalized spacial score (nSPS) is 12.2. The maximum atomic E-state index is 6.27. The lowest BCUT2D eigenvalue weighted by Gasteiger charge is -2.15. The molecule has 4 heteroatoms. The Hall–Kier alpha value is -2.46. The second kappa shape index (κ2) is 5.67. The Labute approximate surface area is 117 Å². The number of nitrogens with zero attached hydrogens (tertiary/aromatic N) is 3. The highest BCUT2D eigenvalue weighted by Crippen LogP contribution is 2.20. The van der Waals surface area contributed by atoms with Crippen molar-refractivity contribution in [2.75, 3.05) is 0 Å². The van der Waals surface area contributed by atoms with Gasteiger partial charge in [-0.15, -0.1) is 0 Å². The zero-order chi connectivity index (χ0) is 13.8. The standard InChI is InChI=1S/C16H16N4/c17-15(13-4-2-1-3-5-13)11-20-12-19-10-16(20)14-6-8-18-9-7-14/h1-10,12,15H,11,17H2. The van der Waals surface area contributed by atoms with E-state index in [1.54, 1.807) is 12.4 Å². The molecule has 1 aromatic carbocycles. The molecule has 0 spiro atoms. The van der Waals surface area contributed by atoms with Crippen LogP contribution in [0.4, 0.5) is 0 Å². The van der Waals surface area contributed by atoms with Crippen molar-refractivity contribution in [2.24, 2.45) is 5.73 Å². The molecule has 0 amide bonds. The van der Waals surface area contributed by atoms with Crippen LogP contribution in [0.1, 0.15) is 11.6 Å². The highest BCUT2D eigenvalue weighted by atomic mass is 15.1. The molecule has 0 aliphatic rings. The zero-order valence-electron chi connectivity index (χ0n) is 11.1. The average Bonchev–Trinajstić information content (AvgIpc) is 2.97. The van der Waals surface area contributed by atoms with E-state index in [9.17, 15) is 0 Å². The molecule has 0 radical (unpaired) electrons. The lowest BCUT2D eigenvalue weighted by Crippen LogP contribution is -2.17. The summed E-state index contributed by atoms with van der Waals surface area (Å²) in [7, 11) is 0. The molecule has 0 saturated heterocycles. The van der Waals surface area contributed by atoms with E-state index in [2.05, 4.69) is 14.5 Å². The fourth-order valence-corrected chi connectivity index (χ4v) is 2.25. The highest BCUT2D eigenvalue weighted by molar-refractivity contribution is 5.57. The van der Waals surface area contributed by atoms with E-state index in [1.807, 2.05) is 55.0 Å². The topological polar surface area (TPSA) is 56.7 Å². The molecule has 0 bridgehead atoms. The number of pyridine rings is 1. The van der Waals surface area contributed by atoms with Crippen LogP contribution in [0.5, 0.6) is 0 Å². The minimum absolute atomic E-state index is 0.0500. The van der Waals surface area contributed by atoms with Gasteiger partial charge < -0.3 is 10.3 Å². The van der Waals surface area contributed by atoms with Gasteiger partial charge in [-0.1, -0.05) is 30.3 Å². The highest BCUT2D eigenvalue weighted by Gasteiger charge is 2.10. The summed E-state index contributed by atoms with van der Waals surface area (Å²) in [5, 5.41) is 0. The number of rotatable bonds is 4. The summed E-state index contributed by atoms with van der Waals surface area (Å²) in [5.74, 6) is 0. The number of nitrogens with two attached hydrogens (primary N) is 1. The van der Waals surface area contributed by atoms with Crippen molar-refractivity contribution < 1.29 is 0 Å². The van der Waals surface area contributed by atoms with Crippen molar-refractivity contribution in [3.8, 4) is 11.3 Å². The van der Waals surface area contributed by atoms with Crippen molar-refractivity contribution in [1.29, 1.82) is 0 Å². The molecule has 4 nitrogen and oxygen atoms in total. The number of imidazole rings is 1. The first-order valence-electron chi connectivity index (χ1n) is 6.55. The van der Waals surface area contributed by atoms with Crippen molar-refractivity contribution in [2.45, 2.75) is 12.6 Å². The second-order valence-corrected chi connectivity index (χ2v) is 4.68. The van der Waals surface area contributed by atoms with Gasteiger partial charge in [-0.2, -0.15) is 0 Å². The van der Waals surface area contributed by atoms with Crippen molar-refractivity contribution in [3.63, 3.8) is 0 Å². The first kappa shape index (κ1) is 12.6. The van der Waals surface area contributed by atoms with Gasteiger partial charge in [0, 0.05) is 30.5 Å². The molecule has 2 aromatic heterocycles. The molecule has 0 aliphatic heterocycles. The summed E-state index contributed by atoms with van der Waals surface area (Å²) in [6, 6.07) is 14.0. The summed E-state index contributed by atoms with van der Waals surface area (Å²) in [6.45, 7) is 0.696. The van der Waals surface area contributed by atoms with E-state index >= 15 is 0 Å². The summed E-state index contributed by atoms with van der Waals surface area (Å²) in [4.78, 5) is 8.27. The molecule has 0 aliphatic carbocycles. The summed E-state index contributed by atoms with van der Waals surface area (Å²) in [6.07, 6.45) is 7.24. The molecule has 0 saturated carbocycles. The van der Waals surface area contributed by atoms with Crippen LogP contribution in [-0.2, 0) is 6.54 Å². The SMILES string of the molecule is NC(Cn1cncc1-c1ccncc1)c1ccccc1. The van der Waals surface area contributed by atoms with E-state index < -0.39 is 0 Å². The van der Waals surface area contributed by atoms with Crippen molar-refractivity contribution in [1.82, 2.24) is 14.5 Å². The number of hydrogen-bond donors (Lipinski definition) is 1. The van der Waals surface area contributed by atoms with Crippen molar-refractivity contribution >= 4 is 0 Å². The first-order chi connectivity index (χ1) is 9.84. The minimum Gasteiger partial charge on any atom is -0.329 e. The Morgan fingerprint density at radius 1 is 1.00 bits per heavy atom. The third-order valence-electron chi connectivity index (χ3n) is 3.31. The molecule has 2 heterocycles. The van der Waals surface area contributed by atoms with Crippen LogP contribution in [0.2, 0.25) is 0 Å². The molecule has 0 fully saturated rings. The van der Waals surface area contributed by atoms with Crippen molar-refractivity contribution in [3.05, 3.63) is 72.9 Å². The smallest absolute Gasteiger partial charge is 0.0951 e. The average molecular weight is 264 g/mol. The van der Waals surface area contributed by atoms with E-state index in [1.165, 1.54) is 0 Å². The molecular formula is C16H16N4. The molecule has 3 aromatic rings. The lowest BCUT2D eigenvalue weighted by molar-refractivity contribution is 0.580. The summed E-state index contributed by atoms with van der Waals surface area (Å²) < 4.78 is 2.08. The molecule has 2 N–H and O–H groups in total. The van der Waals surface area contributed by atoms with E-state index in [4.69, 9.17) is 5.73 Å². The first-order valence-corrected chi connectivity index (χ1v) is 6.55. The zero-order valence-corrected chi connectivity index (χ0v) is 11.1. The Kier molecular flexibility index (Phi) is 3.56. The van der Waals surface area contributed by atoms with Gasteiger partial charge in [0.2, 0.25) is 0 Å². The van der Waals surface area contributed by atoms with Gasteiger partial charge in [-0.25, -0.2) is 4.98 Å². The van der Waals surface area contributed by atoms with Crippen LogP contribution in [-0.4, -0.2) is 14.5 Å². The third-order valence-corrected chi connectivity index (χ3v) is 3.31. The maximum absolute atomic E-state index is 6.27.